The predicted octanol–water partition coefficient (Wildman–Crippen LogP) is 3.29. The fourth-order valence-corrected chi connectivity index (χ4v) is 4.07. The van der Waals surface area contributed by atoms with Crippen LogP contribution in [0.2, 0.25) is 0 Å². The summed E-state index contributed by atoms with van der Waals surface area (Å²) in [6, 6.07) is 19.3. The van der Waals surface area contributed by atoms with Crippen molar-refractivity contribution in [3.63, 3.8) is 0 Å². The Bertz CT molecular complexity index is 1320. The summed E-state index contributed by atoms with van der Waals surface area (Å²) < 4.78 is 1.70. The van der Waals surface area contributed by atoms with E-state index in [1.807, 2.05) is 74.5 Å². The standard InChI is InChI=1S/C24H24N6O2/c1-15(17-9-5-3-6-10-17)25-24(32)29-13-18(14-29)21-26-22-20(23(31)27-21)16(2)28-30(22)19-11-7-4-8-12-19/h3-12,15,18H,13-14H2,1-2H3,(H,25,32)(H,26,27,31). The summed E-state index contributed by atoms with van der Waals surface area (Å²) in [7, 11) is 0. The van der Waals surface area contributed by atoms with Crippen molar-refractivity contribution >= 4 is 17.1 Å². The van der Waals surface area contributed by atoms with Gasteiger partial charge in [-0.15, -0.1) is 0 Å². The molecule has 8 heteroatoms. The minimum atomic E-state index is -0.203. The quantitative estimate of drug-likeness (QED) is 0.521. The Labute approximate surface area is 184 Å². The molecule has 0 saturated carbocycles. The Hall–Kier alpha value is -3.94. The normalized spacial score (nSPS) is 14.9. The summed E-state index contributed by atoms with van der Waals surface area (Å²) in [5.74, 6) is 0.559. The van der Waals surface area contributed by atoms with Crippen molar-refractivity contribution in [2.45, 2.75) is 25.8 Å². The molecule has 0 radical (unpaired) electrons. The van der Waals surface area contributed by atoms with E-state index in [1.165, 1.54) is 0 Å². The number of aryl methyl sites for hydroxylation is 1. The van der Waals surface area contributed by atoms with Gasteiger partial charge in [0.05, 0.1) is 23.3 Å². The molecule has 1 aliphatic rings. The number of carbonyl (C=O) groups excluding carboxylic acids is 1. The summed E-state index contributed by atoms with van der Waals surface area (Å²) in [5.41, 5.74) is 2.87. The zero-order valence-corrected chi connectivity index (χ0v) is 17.9. The Morgan fingerprint density at radius 2 is 1.75 bits per heavy atom. The number of para-hydroxylation sites is 1. The number of H-pyrrole nitrogens is 1. The van der Waals surface area contributed by atoms with E-state index >= 15 is 0 Å². The van der Waals surface area contributed by atoms with E-state index in [4.69, 9.17) is 4.98 Å². The van der Waals surface area contributed by atoms with Crippen molar-refractivity contribution in [3.05, 3.63) is 88.1 Å². The highest BCUT2D eigenvalue weighted by Crippen LogP contribution is 2.26. The average Bonchev–Trinajstić information content (AvgIpc) is 3.11. The van der Waals surface area contributed by atoms with Gasteiger partial charge >= 0.3 is 6.03 Å². The average molecular weight is 428 g/mol. The van der Waals surface area contributed by atoms with Crippen LogP contribution >= 0.6 is 0 Å². The van der Waals surface area contributed by atoms with Crippen LogP contribution in [0.25, 0.3) is 16.7 Å². The van der Waals surface area contributed by atoms with Crippen LogP contribution in [0.1, 0.15) is 36.0 Å². The summed E-state index contributed by atoms with van der Waals surface area (Å²) in [6.45, 7) is 4.77. The van der Waals surface area contributed by atoms with Gasteiger partial charge < -0.3 is 15.2 Å². The first kappa shape index (κ1) is 20.0. The Kier molecular flexibility index (Phi) is 4.97. The van der Waals surface area contributed by atoms with Gasteiger partial charge in [0, 0.05) is 13.1 Å². The number of urea groups is 1. The molecule has 0 aliphatic carbocycles. The second kappa shape index (κ2) is 7.96. The fourth-order valence-electron chi connectivity index (χ4n) is 4.07. The van der Waals surface area contributed by atoms with Crippen LogP contribution in [0.4, 0.5) is 4.79 Å². The number of hydrogen-bond donors (Lipinski definition) is 2. The maximum absolute atomic E-state index is 12.8. The highest BCUT2D eigenvalue weighted by Gasteiger charge is 2.34. The van der Waals surface area contributed by atoms with Crippen LogP contribution in [0.3, 0.4) is 0 Å². The van der Waals surface area contributed by atoms with Gasteiger partial charge in [-0.2, -0.15) is 5.10 Å². The molecule has 2 N–H and O–H groups in total. The van der Waals surface area contributed by atoms with Crippen LogP contribution < -0.4 is 10.9 Å². The first-order valence-electron chi connectivity index (χ1n) is 10.7. The minimum absolute atomic E-state index is 0.0238. The van der Waals surface area contributed by atoms with Gasteiger partial charge in [0.1, 0.15) is 11.2 Å². The van der Waals surface area contributed by atoms with Crippen LogP contribution in [0.5, 0.6) is 0 Å². The molecular formula is C24H24N6O2. The van der Waals surface area contributed by atoms with Gasteiger partial charge in [-0.3, -0.25) is 4.79 Å². The van der Waals surface area contributed by atoms with Crippen molar-refractivity contribution in [3.8, 4) is 5.69 Å². The molecule has 1 unspecified atom stereocenters. The third-order valence-corrected chi connectivity index (χ3v) is 5.93. The molecule has 2 aromatic carbocycles. The highest BCUT2D eigenvalue weighted by molar-refractivity contribution is 5.79. The van der Waals surface area contributed by atoms with Gasteiger partial charge in [-0.25, -0.2) is 14.5 Å². The second-order valence-electron chi connectivity index (χ2n) is 8.17. The summed E-state index contributed by atoms with van der Waals surface area (Å²) in [4.78, 5) is 34.8. The summed E-state index contributed by atoms with van der Waals surface area (Å²) in [6.07, 6.45) is 0. The highest BCUT2D eigenvalue weighted by atomic mass is 16.2. The van der Waals surface area contributed by atoms with E-state index in [0.717, 1.165) is 11.3 Å². The largest absolute Gasteiger partial charge is 0.331 e. The molecule has 32 heavy (non-hydrogen) atoms. The molecule has 1 fully saturated rings. The number of aromatic amines is 1. The lowest BCUT2D eigenvalue weighted by Crippen LogP contribution is -2.53. The van der Waals surface area contributed by atoms with Crippen molar-refractivity contribution < 1.29 is 4.79 Å². The van der Waals surface area contributed by atoms with Crippen molar-refractivity contribution in [1.82, 2.24) is 30.0 Å². The number of carbonyl (C=O) groups is 1. The van der Waals surface area contributed by atoms with Crippen LogP contribution in [0, 0.1) is 6.92 Å². The van der Waals surface area contributed by atoms with Gasteiger partial charge in [0.15, 0.2) is 5.65 Å². The van der Waals surface area contributed by atoms with Crippen molar-refractivity contribution in [1.29, 1.82) is 0 Å². The number of fused-ring (bicyclic) bond motifs is 1. The number of benzene rings is 2. The Morgan fingerprint density at radius 1 is 1.09 bits per heavy atom. The molecule has 1 saturated heterocycles. The lowest BCUT2D eigenvalue weighted by molar-refractivity contribution is 0.146. The van der Waals surface area contributed by atoms with E-state index in [2.05, 4.69) is 15.4 Å². The first-order valence-corrected chi connectivity index (χ1v) is 10.7. The maximum Gasteiger partial charge on any atom is 0.317 e. The molecule has 2 aromatic heterocycles. The zero-order chi connectivity index (χ0) is 22.2. The molecule has 5 rings (SSSR count). The number of nitrogens with one attached hydrogen (secondary N) is 2. The number of aromatic nitrogens is 4. The molecule has 162 valence electrons. The lowest BCUT2D eigenvalue weighted by atomic mass is 9.99. The minimum Gasteiger partial charge on any atom is -0.331 e. The molecule has 2 amide bonds. The number of amides is 2. The zero-order valence-electron chi connectivity index (χ0n) is 17.9. The van der Waals surface area contributed by atoms with Gasteiger partial charge in [0.2, 0.25) is 0 Å². The molecule has 4 aromatic rings. The third kappa shape index (κ3) is 3.53. The molecular weight excluding hydrogens is 404 g/mol. The molecule has 0 bridgehead atoms. The number of rotatable bonds is 4. The number of likely N-dealkylation sites (tertiary alicyclic amines) is 1. The maximum atomic E-state index is 12.8. The predicted molar refractivity (Wildman–Crippen MR) is 122 cm³/mol. The van der Waals surface area contributed by atoms with Crippen molar-refractivity contribution in [2.24, 2.45) is 0 Å². The summed E-state index contributed by atoms with van der Waals surface area (Å²) in [5, 5.41) is 8.04. The lowest BCUT2D eigenvalue weighted by Gasteiger charge is -2.39. The fraction of sp³-hybridized carbons (Fsp3) is 0.250. The Morgan fingerprint density at radius 3 is 2.44 bits per heavy atom. The van der Waals surface area contributed by atoms with Gasteiger partial charge in [-0.05, 0) is 31.5 Å². The topological polar surface area (TPSA) is 95.9 Å². The van der Waals surface area contributed by atoms with Gasteiger partial charge in [-0.1, -0.05) is 48.5 Å². The summed E-state index contributed by atoms with van der Waals surface area (Å²) >= 11 is 0. The van der Waals surface area contributed by atoms with Crippen LogP contribution in [-0.4, -0.2) is 43.8 Å². The van der Waals surface area contributed by atoms with E-state index in [-0.39, 0.29) is 23.6 Å². The SMILES string of the molecule is Cc1nn(-c2ccccc2)c2nc(C3CN(C(=O)NC(C)c4ccccc4)C3)[nH]c(=O)c12. The molecule has 0 spiro atoms. The number of nitrogens with zero attached hydrogens (tertiary/aromatic N) is 4. The monoisotopic (exact) mass is 428 g/mol. The van der Waals surface area contributed by atoms with E-state index in [9.17, 15) is 9.59 Å². The van der Waals surface area contributed by atoms with Crippen LogP contribution in [-0.2, 0) is 0 Å². The molecule has 8 nitrogen and oxygen atoms in total. The second-order valence-corrected chi connectivity index (χ2v) is 8.17. The Balaban J connectivity index is 1.34. The van der Waals surface area contributed by atoms with Crippen molar-refractivity contribution in [2.75, 3.05) is 13.1 Å². The molecule has 3 heterocycles. The van der Waals surface area contributed by atoms with Crippen LogP contribution in [0.15, 0.2) is 65.5 Å². The molecule has 1 atom stereocenters. The van der Waals surface area contributed by atoms with E-state index < -0.39 is 0 Å². The first-order chi connectivity index (χ1) is 15.5. The third-order valence-electron chi connectivity index (χ3n) is 5.93. The smallest absolute Gasteiger partial charge is 0.317 e. The molecule has 1 aliphatic heterocycles. The number of hydrogen-bond acceptors (Lipinski definition) is 4. The van der Waals surface area contributed by atoms with E-state index in [0.29, 0.717) is 35.6 Å². The van der Waals surface area contributed by atoms with Gasteiger partial charge in [0.25, 0.3) is 5.56 Å². The van der Waals surface area contributed by atoms with E-state index in [1.54, 1.807) is 9.58 Å².